The first kappa shape index (κ1) is 32.6. The van der Waals surface area contributed by atoms with E-state index in [2.05, 4.69) is 73.6 Å². The molecule has 2 aliphatic carbocycles. The Morgan fingerprint density at radius 1 is 0.810 bits per heavy atom. The Kier molecular flexibility index (Phi) is 10.9. The summed E-state index contributed by atoms with van der Waals surface area (Å²) in [5.41, 5.74) is 4.28. The molecule has 4 nitrogen and oxygen atoms in total. The van der Waals surface area contributed by atoms with Crippen molar-refractivity contribution >= 4 is 10.9 Å². The fraction of sp³-hybridized carbons (Fsp3) is 0.486. The molecular weight excluding hydrogens is 697 g/mol. The number of hydrogen-bond donors (Lipinski definition) is 2. The summed E-state index contributed by atoms with van der Waals surface area (Å²) >= 11 is 0. The van der Waals surface area contributed by atoms with E-state index in [0.717, 1.165) is 66.5 Å². The molecule has 2 aromatic heterocycles. The molecule has 2 heterocycles. The maximum Gasteiger partial charge on any atom is 0.0651 e. The molecule has 4 atom stereocenters. The van der Waals surface area contributed by atoms with Crippen molar-refractivity contribution in [3.8, 4) is 17.1 Å². The second kappa shape index (κ2) is 14.0. The average Bonchev–Trinajstić information content (AvgIpc) is 3.51. The largest absolute Gasteiger partial charge is 0.392 e. The van der Waals surface area contributed by atoms with Crippen molar-refractivity contribution in [2.24, 2.45) is 22.7 Å². The Morgan fingerprint density at radius 3 is 2.07 bits per heavy atom. The molecule has 0 spiro atoms. The summed E-state index contributed by atoms with van der Waals surface area (Å²) in [6.45, 7) is 8.83. The number of hydrogen-bond acceptors (Lipinski definition) is 3. The fourth-order valence-electron chi connectivity index (χ4n) is 8.03. The van der Waals surface area contributed by atoms with Gasteiger partial charge in [-0.3, -0.25) is 0 Å². The SMILES string of the molecule is CCC1(CC)CCCC2CC(CC)(CC)C(O)C2C1O.[Ir].[c-]1c(-c2ccccn2)n(-c2ccccc2)c2ccccc12. The molecule has 0 bridgehead atoms. The van der Waals surface area contributed by atoms with Crippen LogP contribution in [0, 0.1) is 28.7 Å². The molecule has 1 radical (unpaired) electrons. The minimum absolute atomic E-state index is 0. The zero-order chi connectivity index (χ0) is 29.0. The predicted molar refractivity (Wildman–Crippen MR) is 169 cm³/mol. The van der Waals surface area contributed by atoms with Crippen LogP contribution in [0.3, 0.4) is 0 Å². The van der Waals surface area contributed by atoms with Gasteiger partial charge in [-0.05, 0) is 91.1 Å². The Bertz CT molecular complexity index is 1400. The van der Waals surface area contributed by atoms with Gasteiger partial charge in [-0.1, -0.05) is 76.6 Å². The molecule has 0 saturated heterocycles. The number of aromatic nitrogens is 2. The van der Waals surface area contributed by atoms with Gasteiger partial charge in [0.15, 0.2) is 0 Å². The minimum atomic E-state index is -0.319. The van der Waals surface area contributed by atoms with E-state index in [9.17, 15) is 10.2 Å². The quantitative estimate of drug-likeness (QED) is 0.195. The van der Waals surface area contributed by atoms with Gasteiger partial charge in [0.05, 0.1) is 12.2 Å². The van der Waals surface area contributed by atoms with E-state index < -0.39 is 0 Å². The van der Waals surface area contributed by atoms with Gasteiger partial charge >= 0.3 is 0 Å². The van der Waals surface area contributed by atoms with Crippen LogP contribution in [0.4, 0.5) is 0 Å². The first-order chi connectivity index (χ1) is 19.9. The van der Waals surface area contributed by atoms with Gasteiger partial charge in [-0.25, -0.2) is 0 Å². The van der Waals surface area contributed by atoms with Crippen LogP contribution in [-0.2, 0) is 20.1 Å². The number of aliphatic hydroxyl groups is 2. The van der Waals surface area contributed by atoms with Crippen LogP contribution in [0.2, 0.25) is 0 Å². The van der Waals surface area contributed by atoms with E-state index >= 15 is 0 Å². The van der Waals surface area contributed by atoms with Crippen molar-refractivity contribution in [1.29, 1.82) is 0 Å². The van der Waals surface area contributed by atoms with Crippen LogP contribution in [0.25, 0.3) is 28.0 Å². The van der Waals surface area contributed by atoms with Crippen molar-refractivity contribution < 1.29 is 30.3 Å². The van der Waals surface area contributed by atoms with Gasteiger partial charge in [0.2, 0.25) is 0 Å². The van der Waals surface area contributed by atoms with Crippen molar-refractivity contribution in [3.63, 3.8) is 0 Å². The zero-order valence-electron chi connectivity index (χ0n) is 25.6. The number of nitrogens with zero attached hydrogens (tertiary/aromatic N) is 2. The van der Waals surface area contributed by atoms with Gasteiger partial charge in [-0.15, -0.1) is 23.6 Å². The van der Waals surface area contributed by atoms with E-state index in [4.69, 9.17) is 0 Å². The molecule has 2 fully saturated rings. The summed E-state index contributed by atoms with van der Waals surface area (Å²) in [4.78, 5) is 4.48. The van der Waals surface area contributed by atoms with E-state index in [1.54, 1.807) is 0 Å². The van der Waals surface area contributed by atoms with Gasteiger partial charge in [0.25, 0.3) is 0 Å². The Balaban J connectivity index is 0.000000189. The van der Waals surface area contributed by atoms with Gasteiger partial charge < -0.3 is 19.8 Å². The van der Waals surface area contributed by atoms with Crippen LogP contribution in [0.5, 0.6) is 0 Å². The molecule has 4 aromatic rings. The molecule has 6 rings (SSSR count). The smallest absolute Gasteiger partial charge is 0.0651 e. The molecule has 0 amide bonds. The molecule has 5 heteroatoms. The molecule has 227 valence electrons. The standard InChI is InChI=1S/C19H13N2.C18H34O2.Ir/c1-2-9-16(10-3-1)21-18-12-5-4-8-15(18)14-19(21)17-11-6-7-13-20-17;1-5-17(6-2)11-9-10-13-12-18(7-3,8-4)16(20)14(13)15(17)19;/h1-13H;13-16,19-20H,5-12H2,1-4H3;/q-1;;. The summed E-state index contributed by atoms with van der Waals surface area (Å²) < 4.78 is 2.21. The van der Waals surface area contributed by atoms with Crippen LogP contribution in [0.1, 0.15) is 79.1 Å². The first-order valence-electron chi connectivity index (χ1n) is 15.8. The predicted octanol–water partition coefficient (Wildman–Crippen LogP) is 8.63. The zero-order valence-corrected chi connectivity index (χ0v) is 28.0. The van der Waals surface area contributed by atoms with Gasteiger partial charge in [-0.2, -0.15) is 0 Å². The number of pyridine rings is 1. The Hall–Kier alpha value is -2.30. The summed E-state index contributed by atoms with van der Waals surface area (Å²) in [5.74, 6) is 0.636. The molecule has 4 unspecified atom stereocenters. The number of rotatable bonds is 6. The molecular formula is C37H47IrN2O2-. The van der Waals surface area contributed by atoms with Crippen molar-refractivity contribution in [2.75, 3.05) is 0 Å². The van der Waals surface area contributed by atoms with E-state index in [0.29, 0.717) is 5.92 Å². The third-order valence-electron chi connectivity index (χ3n) is 10.8. The van der Waals surface area contributed by atoms with Crippen LogP contribution in [-0.4, -0.2) is 32.0 Å². The first-order valence-corrected chi connectivity index (χ1v) is 15.8. The van der Waals surface area contributed by atoms with Crippen LogP contribution in [0.15, 0.2) is 79.0 Å². The average molecular weight is 744 g/mol. The van der Waals surface area contributed by atoms with Gasteiger partial charge in [0, 0.05) is 43.6 Å². The second-order valence-corrected chi connectivity index (χ2v) is 12.3. The number of benzene rings is 2. The molecule has 42 heavy (non-hydrogen) atoms. The molecule has 2 aliphatic rings. The number of para-hydroxylation sites is 2. The van der Waals surface area contributed by atoms with Crippen LogP contribution < -0.4 is 0 Å². The molecule has 2 aromatic carbocycles. The van der Waals surface area contributed by atoms with Gasteiger partial charge in [0.1, 0.15) is 0 Å². The summed E-state index contributed by atoms with van der Waals surface area (Å²) in [6, 6.07) is 28.1. The second-order valence-electron chi connectivity index (χ2n) is 12.3. The summed E-state index contributed by atoms with van der Waals surface area (Å²) in [7, 11) is 0. The monoisotopic (exact) mass is 744 g/mol. The third kappa shape index (κ3) is 5.91. The van der Waals surface area contributed by atoms with Crippen molar-refractivity contribution in [1.82, 2.24) is 9.55 Å². The molecule has 2 N–H and O–H groups in total. The molecule has 0 aliphatic heterocycles. The summed E-state index contributed by atoms with van der Waals surface area (Å²) in [6.07, 6.45) is 9.99. The van der Waals surface area contributed by atoms with Crippen molar-refractivity contribution in [3.05, 3.63) is 85.1 Å². The normalized spacial score (nSPS) is 24.1. The maximum atomic E-state index is 11.1. The third-order valence-corrected chi connectivity index (χ3v) is 10.8. The fourth-order valence-corrected chi connectivity index (χ4v) is 8.03. The maximum absolute atomic E-state index is 11.1. The van der Waals surface area contributed by atoms with E-state index in [1.165, 1.54) is 12.8 Å². The Morgan fingerprint density at radius 2 is 1.43 bits per heavy atom. The van der Waals surface area contributed by atoms with Crippen LogP contribution >= 0.6 is 0 Å². The number of fused-ring (bicyclic) bond motifs is 2. The summed E-state index contributed by atoms with van der Waals surface area (Å²) in [5, 5.41) is 23.2. The Labute approximate surface area is 265 Å². The molecule has 2 saturated carbocycles. The van der Waals surface area contributed by atoms with Crippen molar-refractivity contribution in [2.45, 2.75) is 91.3 Å². The number of aliphatic hydroxyl groups excluding tert-OH is 2. The topological polar surface area (TPSA) is 58.3 Å². The van der Waals surface area contributed by atoms with E-state index in [-0.39, 0.29) is 49.1 Å². The van der Waals surface area contributed by atoms with E-state index in [1.807, 2.05) is 48.7 Å². The minimum Gasteiger partial charge on any atom is -0.392 e.